The first-order chi connectivity index (χ1) is 8.12. The van der Waals surface area contributed by atoms with Crippen molar-refractivity contribution >= 4 is 0 Å². The molecule has 0 heterocycles. The van der Waals surface area contributed by atoms with Gasteiger partial charge in [-0.05, 0) is 60.6 Å². The van der Waals surface area contributed by atoms with Crippen LogP contribution in [0.25, 0.3) is 0 Å². The zero-order valence-electron chi connectivity index (χ0n) is 11.8. The van der Waals surface area contributed by atoms with E-state index in [1.165, 1.54) is 37.7 Å². The van der Waals surface area contributed by atoms with Crippen LogP contribution in [0.5, 0.6) is 0 Å². The molecular formula is C17H26. The minimum Gasteiger partial charge on any atom is -0.0654 e. The van der Waals surface area contributed by atoms with Crippen LogP contribution in [-0.2, 0) is 11.8 Å². The molecule has 0 radical (unpaired) electrons. The van der Waals surface area contributed by atoms with E-state index in [4.69, 9.17) is 0 Å². The van der Waals surface area contributed by atoms with Gasteiger partial charge in [-0.2, -0.15) is 0 Å². The van der Waals surface area contributed by atoms with E-state index < -0.39 is 0 Å². The molecule has 1 saturated carbocycles. The van der Waals surface area contributed by atoms with Gasteiger partial charge in [-0.1, -0.05) is 45.4 Å². The fourth-order valence-corrected chi connectivity index (χ4v) is 3.15. The maximum Gasteiger partial charge on any atom is -0.00205 e. The van der Waals surface area contributed by atoms with Crippen molar-refractivity contribution in [2.45, 2.75) is 65.2 Å². The van der Waals surface area contributed by atoms with Crippen LogP contribution < -0.4 is 0 Å². The number of benzene rings is 1. The third-order valence-corrected chi connectivity index (χ3v) is 4.62. The van der Waals surface area contributed by atoms with E-state index in [1.54, 1.807) is 11.1 Å². The first-order valence-electron chi connectivity index (χ1n) is 7.21. The fraction of sp³-hybridized carbons (Fsp3) is 0.647. The van der Waals surface area contributed by atoms with Crippen LogP contribution in [0.15, 0.2) is 18.2 Å². The van der Waals surface area contributed by atoms with E-state index in [2.05, 4.69) is 45.9 Å². The highest BCUT2D eigenvalue weighted by Crippen LogP contribution is 2.55. The summed E-state index contributed by atoms with van der Waals surface area (Å²) in [7, 11) is 0. The number of aryl methyl sites for hydroxylation is 1. The molecule has 1 aliphatic rings. The molecule has 0 bridgehead atoms. The van der Waals surface area contributed by atoms with E-state index in [0.717, 1.165) is 5.92 Å². The second-order valence-corrected chi connectivity index (χ2v) is 6.02. The lowest BCUT2D eigenvalue weighted by molar-refractivity contribution is 0.476. The third kappa shape index (κ3) is 2.27. The Morgan fingerprint density at radius 2 is 1.94 bits per heavy atom. The summed E-state index contributed by atoms with van der Waals surface area (Å²) in [5.41, 5.74) is 5.35. The Hall–Kier alpha value is -0.780. The van der Waals surface area contributed by atoms with Gasteiger partial charge < -0.3 is 0 Å². The molecule has 0 N–H and O–H groups in total. The number of hydrogen-bond acceptors (Lipinski definition) is 0. The lowest BCUT2D eigenvalue weighted by Crippen LogP contribution is -2.17. The lowest BCUT2D eigenvalue weighted by Gasteiger charge is -2.24. The average molecular weight is 230 g/mol. The summed E-state index contributed by atoms with van der Waals surface area (Å²) in [5, 5.41) is 0. The van der Waals surface area contributed by atoms with Crippen molar-refractivity contribution in [3.8, 4) is 0 Å². The molecule has 1 aromatic rings. The molecule has 1 aromatic carbocycles. The zero-order chi connectivity index (χ0) is 12.5. The maximum absolute atomic E-state index is 2.39. The van der Waals surface area contributed by atoms with Crippen molar-refractivity contribution in [2.75, 3.05) is 0 Å². The summed E-state index contributed by atoms with van der Waals surface area (Å²) < 4.78 is 0. The SMILES string of the molecule is CCCCc1c(C)cccc1C1(C(C)C)CC1. The Bertz CT molecular complexity index is 383. The van der Waals surface area contributed by atoms with Gasteiger partial charge in [0.2, 0.25) is 0 Å². The van der Waals surface area contributed by atoms with Crippen LogP contribution in [0.4, 0.5) is 0 Å². The molecule has 0 aliphatic heterocycles. The minimum atomic E-state index is 0.523. The predicted octanol–water partition coefficient (Wildman–Crippen LogP) is 5.03. The molecule has 0 nitrogen and oxygen atoms in total. The number of hydrogen-bond donors (Lipinski definition) is 0. The van der Waals surface area contributed by atoms with Crippen molar-refractivity contribution in [3.05, 3.63) is 34.9 Å². The summed E-state index contributed by atoms with van der Waals surface area (Å²) in [4.78, 5) is 0. The van der Waals surface area contributed by atoms with Gasteiger partial charge in [-0.25, -0.2) is 0 Å². The van der Waals surface area contributed by atoms with Crippen molar-refractivity contribution in [1.29, 1.82) is 0 Å². The van der Waals surface area contributed by atoms with Gasteiger partial charge in [-0.15, -0.1) is 0 Å². The summed E-state index contributed by atoms with van der Waals surface area (Å²) in [6.07, 6.45) is 6.68. The van der Waals surface area contributed by atoms with E-state index in [9.17, 15) is 0 Å². The molecule has 2 rings (SSSR count). The van der Waals surface area contributed by atoms with Gasteiger partial charge in [0.1, 0.15) is 0 Å². The summed E-state index contributed by atoms with van der Waals surface area (Å²) in [6.45, 7) is 9.34. The Balaban J connectivity index is 2.36. The standard InChI is InChI=1S/C17H26/c1-5-6-9-15-14(4)8-7-10-16(15)17(11-12-17)13(2)3/h7-8,10,13H,5-6,9,11-12H2,1-4H3. The van der Waals surface area contributed by atoms with Crippen molar-refractivity contribution in [1.82, 2.24) is 0 Å². The Kier molecular flexibility index (Phi) is 3.61. The number of rotatable bonds is 5. The Labute approximate surface area is 106 Å². The van der Waals surface area contributed by atoms with Gasteiger partial charge in [0.05, 0.1) is 0 Å². The lowest BCUT2D eigenvalue weighted by atomic mass is 9.80. The van der Waals surface area contributed by atoms with Crippen molar-refractivity contribution in [3.63, 3.8) is 0 Å². The molecule has 0 heteroatoms. The van der Waals surface area contributed by atoms with Gasteiger partial charge >= 0.3 is 0 Å². The second kappa shape index (κ2) is 4.84. The highest BCUT2D eigenvalue weighted by molar-refractivity contribution is 5.43. The summed E-state index contributed by atoms with van der Waals surface area (Å²) >= 11 is 0. The van der Waals surface area contributed by atoms with Crippen LogP contribution in [-0.4, -0.2) is 0 Å². The van der Waals surface area contributed by atoms with Crippen LogP contribution >= 0.6 is 0 Å². The summed E-state index contributed by atoms with van der Waals surface area (Å²) in [6, 6.07) is 6.93. The molecule has 1 aliphatic carbocycles. The smallest absolute Gasteiger partial charge is 0.00205 e. The van der Waals surface area contributed by atoms with Crippen LogP contribution in [0.3, 0.4) is 0 Å². The highest BCUT2D eigenvalue weighted by Gasteiger charge is 2.47. The first kappa shape index (κ1) is 12.7. The van der Waals surface area contributed by atoms with Crippen LogP contribution in [0, 0.1) is 12.8 Å². The molecule has 1 fully saturated rings. The van der Waals surface area contributed by atoms with Gasteiger partial charge in [0.15, 0.2) is 0 Å². The van der Waals surface area contributed by atoms with Crippen LogP contribution in [0.1, 0.15) is 63.1 Å². The molecule has 0 saturated heterocycles. The zero-order valence-corrected chi connectivity index (χ0v) is 11.8. The Morgan fingerprint density at radius 3 is 2.47 bits per heavy atom. The normalized spacial score (nSPS) is 17.5. The quantitative estimate of drug-likeness (QED) is 0.666. The third-order valence-electron chi connectivity index (χ3n) is 4.62. The summed E-state index contributed by atoms with van der Waals surface area (Å²) in [5.74, 6) is 0.782. The van der Waals surface area contributed by atoms with Gasteiger partial charge in [0.25, 0.3) is 0 Å². The second-order valence-electron chi connectivity index (χ2n) is 6.02. The average Bonchev–Trinajstić information content (AvgIpc) is 3.08. The van der Waals surface area contributed by atoms with Crippen molar-refractivity contribution in [2.24, 2.45) is 5.92 Å². The van der Waals surface area contributed by atoms with E-state index >= 15 is 0 Å². The maximum atomic E-state index is 2.39. The molecule has 94 valence electrons. The van der Waals surface area contributed by atoms with Gasteiger partial charge in [0, 0.05) is 0 Å². The Morgan fingerprint density at radius 1 is 1.24 bits per heavy atom. The topological polar surface area (TPSA) is 0 Å². The minimum absolute atomic E-state index is 0.523. The molecule has 0 unspecified atom stereocenters. The molecular weight excluding hydrogens is 204 g/mol. The fourth-order valence-electron chi connectivity index (χ4n) is 3.15. The predicted molar refractivity (Wildman–Crippen MR) is 75.5 cm³/mol. The van der Waals surface area contributed by atoms with E-state index in [-0.39, 0.29) is 0 Å². The molecule has 0 aromatic heterocycles. The van der Waals surface area contributed by atoms with Crippen LogP contribution in [0.2, 0.25) is 0 Å². The first-order valence-corrected chi connectivity index (χ1v) is 7.21. The van der Waals surface area contributed by atoms with Gasteiger partial charge in [-0.3, -0.25) is 0 Å². The molecule has 17 heavy (non-hydrogen) atoms. The molecule has 0 atom stereocenters. The monoisotopic (exact) mass is 230 g/mol. The largest absolute Gasteiger partial charge is 0.0654 e. The van der Waals surface area contributed by atoms with E-state index in [0.29, 0.717) is 5.41 Å². The molecule has 0 amide bonds. The highest BCUT2D eigenvalue weighted by atomic mass is 14.5. The van der Waals surface area contributed by atoms with Crippen molar-refractivity contribution < 1.29 is 0 Å². The van der Waals surface area contributed by atoms with E-state index in [1.807, 2.05) is 0 Å². The number of unbranched alkanes of at least 4 members (excludes halogenated alkanes) is 1. The molecule has 0 spiro atoms.